The second-order valence-electron chi connectivity index (χ2n) is 21.3. The summed E-state index contributed by atoms with van der Waals surface area (Å²) in [4.78, 5) is 5.05. The van der Waals surface area contributed by atoms with Gasteiger partial charge in [-0.05, 0) is 139 Å². The molecule has 2 aromatic carbocycles. The molecule has 0 N–H and O–H groups in total. The lowest BCUT2D eigenvalue weighted by molar-refractivity contribution is 0.332. The lowest BCUT2D eigenvalue weighted by atomic mass is 9.62. The first-order valence-electron chi connectivity index (χ1n) is 24.2. The third-order valence-electron chi connectivity index (χ3n) is 14.5. The van der Waals surface area contributed by atoms with Crippen LogP contribution in [0, 0.1) is 17.3 Å². The molecule has 1 atom stereocenters. The van der Waals surface area contributed by atoms with E-state index in [0.717, 1.165) is 107 Å². The summed E-state index contributed by atoms with van der Waals surface area (Å²) in [6.45, 7) is 48.4. The summed E-state index contributed by atoms with van der Waals surface area (Å²) in [6, 6.07) is 14.0. The van der Waals surface area contributed by atoms with Gasteiger partial charge < -0.3 is 14.2 Å². The number of nitrogens with zero attached hydrogens (tertiary/aromatic N) is 2. The van der Waals surface area contributed by atoms with Gasteiger partial charge in [0.05, 0.1) is 23.1 Å². The highest BCUT2D eigenvalue weighted by atomic mass is 16.3. The molecule has 3 aromatic rings. The molecule has 2 bridgehead atoms. The van der Waals surface area contributed by atoms with Gasteiger partial charge in [-0.25, -0.2) is 0 Å². The molecule has 2 heterocycles. The van der Waals surface area contributed by atoms with E-state index in [0.29, 0.717) is 11.8 Å². The standard InChI is InChI=1S/C60H78BN2O/c1-18-21-23-28-52(43(11)42(10)25-22-19-2)62-46-26-24-27-47(36-46)63(54(41(8)9)35-45(33-39(4)5)58(12,13)20-3)56-48-37-49-50(60(16,17)32-31-59(49,14)15)38-55(48)64-57(56)61-51-34-44(40(6)7)29-30-53(51)62/h19,21-28,33-34,36-40,54H,2,8,10-11,18,20,29-32,35H2,1,3-7,9,12-17H3/b23-21+,25-22-,45-33-,52-28+. The fourth-order valence-corrected chi connectivity index (χ4v) is 9.87. The number of benzene rings is 2. The maximum Gasteiger partial charge on any atom is 0.246 e. The normalized spacial score (nSPS) is 18.3. The molecule has 0 saturated carbocycles. The summed E-state index contributed by atoms with van der Waals surface area (Å²) in [6.07, 6.45) is 24.2. The topological polar surface area (TPSA) is 19.6 Å². The van der Waals surface area contributed by atoms with Gasteiger partial charge in [-0.15, -0.1) is 0 Å². The van der Waals surface area contributed by atoms with Crippen molar-refractivity contribution < 1.29 is 4.42 Å². The molecule has 1 radical (unpaired) electrons. The zero-order valence-corrected chi connectivity index (χ0v) is 42.0. The maximum atomic E-state index is 7.39. The monoisotopic (exact) mass is 854 g/mol. The number of allylic oxidation sites excluding steroid dienone is 12. The molecule has 2 aliphatic carbocycles. The SMILES string of the molecule is C=C/C=C\C(=C)C(=C)/C(=C\C=C\CC)N1C2=C([B]c3oc4cc5c(cc4c3N(C(C/C(=C/C(C)C)C(C)(C)CC)C(=C)C)c3cccc1c3)C(C)(C)CCC5(C)C)C=C(C(C)C)CC2. The summed E-state index contributed by atoms with van der Waals surface area (Å²) in [5.74, 6) is 0.813. The van der Waals surface area contributed by atoms with Crippen molar-refractivity contribution in [3.63, 3.8) is 0 Å². The van der Waals surface area contributed by atoms with Crippen LogP contribution in [-0.2, 0) is 10.8 Å². The van der Waals surface area contributed by atoms with Gasteiger partial charge >= 0.3 is 0 Å². The molecule has 4 heteroatoms. The number of hydrogen-bond acceptors (Lipinski definition) is 3. The first-order valence-corrected chi connectivity index (χ1v) is 24.2. The molecule has 1 aliphatic heterocycles. The fraction of sp³-hybridized carbons (Fsp3) is 0.433. The molecule has 0 saturated heterocycles. The molecule has 64 heavy (non-hydrogen) atoms. The van der Waals surface area contributed by atoms with E-state index < -0.39 is 0 Å². The van der Waals surface area contributed by atoms with E-state index in [1.807, 2.05) is 12.2 Å². The molecular formula is C60H78BN2O. The van der Waals surface area contributed by atoms with E-state index >= 15 is 0 Å². The predicted molar refractivity (Wildman–Crippen MR) is 282 cm³/mol. The quantitative estimate of drug-likeness (QED) is 0.0863. The second kappa shape index (κ2) is 19.3. The number of furan rings is 1. The lowest BCUT2D eigenvalue weighted by Crippen LogP contribution is -2.39. The lowest BCUT2D eigenvalue weighted by Gasteiger charge is -2.42. The molecule has 0 fully saturated rings. The van der Waals surface area contributed by atoms with Crippen LogP contribution in [0.2, 0.25) is 0 Å². The molecule has 1 unspecified atom stereocenters. The van der Waals surface area contributed by atoms with E-state index in [1.165, 1.54) is 28.0 Å². The molecule has 0 amide bonds. The van der Waals surface area contributed by atoms with Crippen molar-refractivity contribution in [1.29, 1.82) is 0 Å². The fourth-order valence-electron chi connectivity index (χ4n) is 9.87. The minimum absolute atomic E-state index is 0.00415. The van der Waals surface area contributed by atoms with Crippen LogP contribution in [-0.4, -0.2) is 13.3 Å². The van der Waals surface area contributed by atoms with Crippen molar-refractivity contribution in [3.05, 3.63) is 167 Å². The van der Waals surface area contributed by atoms with Crippen molar-refractivity contribution in [2.24, 2.45) is 17.3 Å². The highest BCUT2D eigenvalue weighted by Crippen LogP contribution is 2.50. The first kappa shape index (κ1) is 48.5. The Kier molecular flexibility index (Phi) is 14.6. The number of rotatable bonds is 15. The number of fused-ring (bicyclic) bond motifs is 6. The van der Waals surface area contributed by atoms with E-state index in [4.69, 9.17) is 17.6 Å². The summed E-state index contributed by atoms with van der Waals surface area (Å²) in [7, 11) is 2.36. The van der Waals surface area contributed by atoms with Gasteiger partial charge in [0.2, 0.25) is 7.28 Å². The average molecular weight is 854 g/mol. The van der Waals surface area contributed by atoms with E-state index in [9.17, 15) is 0 Å². The van der Waals surface area contributed by atoms with Gasteiger partial charge in [-0.1, -0.05) is 180 Å². The van der Waals surface area contributed by atoms with Crippen LogP contribution >= 0.6 is 0 Å². The van der Waals surface area contributed by atoms with Crippen LogP contribution in [0.5, 0.6) is 0 Å². The number of hydrogen-bond donors (Lipinski definition) is 0. The molecular weight excluding hydrogens is 775 g/mol. The maximum absolute atomic E-state index is 7.39. The van der Waals surface area contributed by atoms with Crippen molar-refractivity contribution in [1.82, 2.24) is 0 Å². The Labute approximate surface area is 389 Å². The van der Waals surface area contributed by atoms with E-state index in [2.05, 4.69) is 187 Å². The Bertz CT molecular complexity index is 2500. The van der Waals surface area contributed by atoms with Crippen LogP contribution in [0.1, 0.15) is 146 Å². The summed E-state index contributed by atoms with van der Waals surface area (Å²) in [5.41, 5.74) is 17.0. The van der Waals surface area contributed by atoms with Crippen LogP contribution in [0.4, 0.5) is 17.1 Å². The third-order valence-corrected chi connectivity index (χ3v) is 14.5. The van der Waals surface area contributed by atoms with Gasteiger partial charge in [0.25, 0.3) is 0 Å². The van der Waals surface area contributed by atoms with Crippen LogP contribution in [0.3, 0.4) is 0 Å². The van der Waals surface area contributed by atoms with Gasteiger partial charge in [-0.2, -0.15) is 0 Å². The van der Waals surface area contributed by atoms with Crippen molar-refractivity contribution >= 4 is 41.0 Å². The van der Waals surface area contributed by atoms with E-state index in [1.54, 1.807) is 6.08 Å². The Balaban J connectivity index is 1.78. The van der Waals surface area contributed by atoms with Crippen LogP contribution in [0.25, 0.3) is 11.0 Å². The van der Waals surface area contributed by atoms with Gasteiger partial charge in [-0.3, -0.25) is 0 Å². The zero-order chi connectivity index (χ0) is 46.9. The largest absolute Gasteiger partial charge is 0.469 e. The van der Waals surface area contributed by atoms with Gasteiger partial charge in [0.1, 0.15) is 5.58 Å². The van der Waals surface area contributed by atoms with Crippen molar-refractivity contribution in [2.75, 3.05) is 9.80 Å². The summed E-state index contributed by atoms with van der Waals surface area (Å²) < 4.78 is 7.39. The molecule has 6 rings (SSSR count). The van der Waals surface area contributed by atoms with Gasteiger partial charge in [0, 0.05) is 22.5 Å². The molecule has 337 valence electrons. The zero-order valence-electron chi connectivity index (χ0n) is 42.0. The number of anilines is 3. The smallest absolute Gasteiger partial charge is 0.246 e. The highest BCUT2D eigenvalue weighted by molar-refractivity contribution is 6.63. The first-order chi connectivity index (χ1) is 30.1. The molecule has 1 aromatic heterocycles. The van der Waals surface area contributed by atoms with Crippen LogP contribution < -0.4 is 15.5 Å². The Hall–Kier alpha value is -4.96. The minimum Gasteiger partial charge on any atom is -0.469 e. The average Bonchev–Trinajstić information content (AvgIpc) is 3.59. The molecule has 0 spiro atoms. The third kappa shape index (κ3) is 9.83. The Morgan fingerprint density at radius 2 is 1.59 bits per heavy atom. The second-order valence-corrected chi connectivity index (χ2v) is 21.3. The van der Waals surface area contributed by atoms with Crippen molar-refractivity contribution in [3.8, 4) is 0 Å². The van der Waals surface area contributed by atoms with E-state index in [-0.39, 0.29) is 22.3 Å². The summed E-state index contributed by atoms with van der Waals surface area (Å²) >= 11 is 0. The minimum atomic E-state index is -0.0739. The van der Waals surface area contributed by atoms with Crippen molar-refractivity contribution in [2.45, 2.75) is 152 Å². The molecule has 3 aliphatic rings. The predicted octanol–water partition coefficient (Wildman–Crippen LogP) is 16.7. The highest BCUT2D eigenvalue weighted by Gasteiger charge is 2.40. The van der Waals surface area contributed by atoms with Crippen LogP contribution in [0.15, 0.2) is 160 Å². The van der Waals surface area contributed by atoms with Gasteiger partial charge in [0.15, 0.2) is 0 Å². The summed E-state index contributed by atoms with van der Waals surface area (Å²) in [5, 5.41) is 1.16. The Morgan fingerprint density at radius 1 is 0.922 bits per heavy atom. The Morgan fingerprint density at radius 3 is 2.20 bits per heavy atom. The molecule has 3 nitrogen and oxygen atoms in total.